The van der Waals surface area contributed by atoms with Gasteiger partial charge in [-0.1, -0.05) is 23.2 Å². The highest BCUT2D eigenvalue weighted by molar-refractivity contribution is 7.19. The molecule has 0 amide bonds. The Balaban J connectivity index is 2.65. The van der Waals surface area contributed by atoms with Crippen LogP contribution in [-0.2, 0) is 6.18 Å². The van der Waals surface area contributed by atoms with Gasteiger partial charge in [0.25, 0.3) is 0 Å². The maximum absolute atomic E-state index is 12.8. The van der Waals surface area contributed by atoms with Gasteiger partial charge in [0.2, 0.25) is 0 Å². The summed E-state index contributed by atoms with van der Waals surface area (Å²) in [6, 6.07) is 1.38. The zero-order valence-electron chi connectivity index (χ0n) is 8.27. The van der Waals surface area contributed by atoms with Crippen molar-refractivity contribution in [2.75, 3.05) is 0 Å². The first-order chi connectivity index (χ1) is 7.80. The highest BCUT2D eigenvalue weighted by Gasteiger charge is 2.38. The van der Waals surface area contributed by atoms with Crippen LogP contribution in [0.25, 0.3) is 5.00 Å². The number of thiophene rings is 1. The predicted octanol–water partition coefficient (Wildman–Crippen LogP) is 4.37. The SMILES string of the molecule is Cc1n[c]n(-c2sc(Cl)cc2Cl)c1C(F)(F)F. The lowest BCUT2D eigenvalue weighted by atomic mass is 10.3. The third kappa shape index (κ3) is 2.29. The molecular formula is C9H4Cl2F3N2S. The minimum absolute atomic E-state index is 0.138. The lowest BCUT2D eigenvalue weighted by molar-refractivity contribution is -0.142. The van der Waals surface area contributed by atoms with Crippen LogP contribution in [0, 0.1) is 13.3 Å². The maximum atomic E-state index is 12.8. The second kappa shape index (κ2) is 4.19. The van der Waals surface area contributed by atoms with E-state index in [-0.39, 0.29) is 15.7 Å². The second-order valence-corrected chi connectivity index (χ2v) is 5.25. The molecule has 0 spiro atoms. The van der Waals surface area contributed by atoms with Gasteiger partial charge in [-0.25, -0.2) is 4.98 Å². The summed E-state index contributed by atoms with van der Waals surface area (Å²) in [6.07, 6.45) is -2.25. The van der Waals surface area contributed by atoms with Crippen LogP contribution < -0.4 is 0 Å². The van der Waals surface area contributed by atoms with Crippen molar-refractivity contribution < 1.29 is 13.2 Å². The van der Waals surface area contributed by atoms with Crippen LogP contribution in [0.3, 0.4) is 0 Å². The zero-order valence-corrected chi connectivity index (χ0v) is 10.6. The molecule has 0 N–H and O–H groups in total. The molecule has 0 bridgehead atoms. The average Bonchev–Trinajstić information content (AvgIpc) is 2.68. The monoisotopic (exact) mass is 299 g/mol. The summed E-state index contributed by atoms with van der Waals surface area (Å²) in [5.74, 6) is 0. The van der Waals surface area contributed by atoms with Gasteiger partial charge in [0, 0.05) is 0 Å². The summed E-state index contributed by atoms with van der Waals surface area (Å²) >= 11 is 12.4. The highest BCUT2D eigenvalue weighted by atomic mass is 35.5. The van der Waals surface area contributed by atoms with E-state index in [1.165, 1.54) is 13.0 Å². The van der Waals surface area contributed by atoms with Gasteiger partial charge in [-0.05, 0) is 13.0 Å². The Bertz CT molecular complexity index is 559. The standard InChI is InChI=1S/C9H4Cl2F3N2S/c1-4-7(9(12,13)14)16(3-15-4)8-5(10)2-6(11)17-8/h2H,1H3. The van der Waals surface area contributed by atoms with Crippen LogP contribution in [-0.4, -0.2) is 9.55 Å². The van der Waals surface area contributed by atoms with Gasteiger partial charge in [0.1, 0.15) is 5.00 Å². The van der Waals surface area contributed by atoms with Crippen LogP contribution >= 0.6 is 34.5 Å². The molecular weight excluding hydrogens is 296 g/mol. The topological polar surface area (TPSA) is 17.8 Å². The minimum Gasteiger partial charge on any atom is -0.275 e. The summed E-state index contributed by atoms with van der Waals surface area (Å²) in [6.45, 7) is 1.26. The molecule has 0 saturated carbocycles. The average molecular weight is 300 g/mol. The van der Waals surface area contributed by atoms with E-state index in [2.05, 4.69) is 11.3 Å². The number of nitrogens with zero attached hydrogens (tertiary/aromatic N) is 2. The number of aryl methyl sites for hydroxylation is 1. The summed E-state index contributed by atoms with van der Waals surface area (Å²) in [7, 11) is 0. The van der Waals surface area contributed by atoms with Crippen molar-refractivity contribution in [1.29, 1.82) is 0 Å². The van der Waals surface area contributed by atoms with Gasteiger partial charge in [-0.3, -0.25) is 4.57 Å². The normalized spacial score (nSPS) is 12.1. The molecule has 0 aliphatic heterocycles. The number of hydrogen-bond donors (Lipinski definition) is 0. The first-order valence-electron chi connectivity index (χ1n) is 4.30. The molecule has 0 aromatic carbocycles. The fourth-order valence-corrected chi connectivity index (χ4v) is 2.85. The molecule has 1 radical (unpaired) electrons. The first-order valence-corrected chi connectivity index (χ1v) is 5.87. The third-order valence-corrected chi connectivity index (χ3v) is 3.64. The molecule has 2 aromatic heterocycles. The highest BCUT2D eigenvalue weighted by Crippen LogP contribution is 2.39. The van der Waals surface area contributed by atoms with E-state index < -0.39 is 11.9 Å². The van der Waals surface area contributed by atoms with Gasteiger partial charge in [0.05, 0.1) is 15.1 Å². The van der Waals surface area contributed by atoms with Crippen molar-refractivity contribution >= 4 is 34.5 Å². The van der Waals surface area contributed by atoms with Gasteiger partial charge >= 0.3 is 6.18 Å². The van der Waals surface area contributed by atoms with E-state index >= 15 is 0 Å². The Morgan fingerprint density at radius 3 is 2.53 bits per heavy atom. The molecule has 0 fully saturated rings. The Morgan fingerprint density at radius 2 is 2.06 bits per heavy atom. The molecule has 0 aliphatic rings. The Kier molecular flexibility index (Phi) is 3.14. The van der Waals surface area contributed by atoms with Crippen molar-refractivity contribution in [3.05, 3.63) is 33.1 Å². The van der Waals surface area contributed by atoms with Crippen LogP contribution in [0.5, 0.6) is 0 Å². The number of imidazole rings is 1. The Labute approximate surface area is 109 Å². The molecule has 2 rings (SSSR count). The van der Waals surface area contributed by atoms with Crippen LogP contribution in [0.4, 0.5) is 13.2 Å². The van der Waals surface area contributed by atoms with Gasteiger partial charge in [-0.15, -0.1) is 11.3 Å². The molecule has 2 nitrogen and oxygen atoms in total. The van der Waals surface area contributed by atoms with E-state index in [4.69, 9.17) is 23.2 Å². The molecule has 2 aromatic rings. The quantitative estimate of drug-likeness (QED) is 0.764. The number of alkyl halides is 3. The third-order valence-electron chi connectivity index (χ3n) is 1.99. The smallest absolute Gasteiger partial charge is 0.275 e. The van der Waals surface area contributed by atoms with Crippen molar-refractivity contribution in [2.45, 2.75) is 13.1 Å². The van der Waals surface area contributed by atoms with E-state index in [1.54, 1.807) is 0 Å². The van der Waals surface area contributed by atoms with Gasteiger partial charge < -0.3 is 0 Å². The van der Waals surface area contributed by atoms with Crippen LogP contribution in [0.15, 0.2) is 6.07 Å². The minimum atomic E-state index is -4.52. The molecule has 0 unspecified atom stereocenters. The Hall–Kier alpha value is -0.720. The second-order valence-electron chi connectivity index (χ2n) is 3.18. The van der Waals surface area contributed by atoms with Gasteiger partial charge in [0.15, 0.2) is 12.0 Å². The summed E-state index contributed by atoms with van der Waals surface area (Å²) < 4.78 is 39.5. The van der Waals surface area contributed by atoms with Crippen LogP contribution in [0.2, 0.25) is 9.36 Å². The molecule has 0 saturated heterocycles. The lowest BCUT2D eigenvalue weighted by Gasteiger charge is -2.10. The molecule has 0 atom stereocenters. The molecule has 8 heteroatoms. The van der Waals surface area contributed by atoms with Crippen LogP contribution in [0.1, 0.15) is 11.4 Å². The Morgan fingerprint density at radius 1 is 1.41 bits per heavy atom. The number of aromatic nitrogens is 2. The van der Waals surface area contributed by atoms with Gasteiger partial charge in [-0.2, -0.15) is 13.2 Å². The zero-order chi connectivity index (χ0) is 12.8. The largest absolute Gasteiger partial charge is 0.433 e. The molecule has 17 heavy (non-hydrogen) atoms. The van der Waals surface area contributed by atoms with Crippen molar-refractivity contribution in [1.82, 2.24) is 9.55 Å². The van der Waals surface area contributed by atoms with Crippen molar-refractivity contribution in [2.24, 2.45) is 0 Å². The molecule has 91 valence electrons. The fraction of sp³-hybridized carbons (Fsp3) is 0.222. The summed E-state index contributed by atoms with van der Waals surface area (Å²) in [5.41, 5.74) is -1.05. The summed E-state index contributed by atoms with van der Waals surface area (Å²) in [5, 5.41) is 0.295. The van der Waals surface area contributed by atoms with E-state index in [0.717, 1.165) is 15.9 Å². The maximum Gasteiger partial charge on any atom is 0.433 e. The van der Waals surface area contributed by atoms with Crippen molar-refractivity contribution in [3.8, 4) is 5.00 Å². The van der Waals surface area contributed by atoms with Crippen molar-refractivity contribution in [3.63, 3.8) is 0 Å². The van der Waals surface area contributed by atoms with E-state index in [1.807, 2.05) is 0 Å². The number of halogens is 5. The van der Waals surface area contributed by atoms with E-state index in [0.29, 0.717) is 4.34 Å². The number of hydrogen-bond acceptors (Lipinski definition) is 2. The molecule has 0 aliphatic carbocycles. The van der Waals surface area contributed by atoms with E-state index in [9.17, 15) is 13.2 Å². The molecule has 2 heterocycles. The summed E-state index contributed by atoms with van der Waals surface area (Å²) in [4.78, 5) is 3.53. The first kappa shape index (κ1) is 12.7. The predicted molar refractivity (Wildman–Crippen MR) is 60.0 cm³/mol. The fourth-order valence-electron chi connectivity index (χ4n) is 1.35. The number of rotatable bonds is 1. The lowest BCUT2D eigenvalue weighted by Crippen LogP contribution is -2.13.